The van der Waals surface area contributed by atoms with Crippen LogP contribution in [0.4, 0.5) is 10.5 Å². The van der Waals surface area contributed by atoms with Crippen LogP contribution in [0.2, 0.25) is 0 Å². The molecule has 1 heterocycles. The summed E-state index contributed by atoms with van der Waals surface area (Å²) < 4.78 is 11.3. The lowest BCUT2D eigenvalue weighted by atomic mass is 10.3. The molecule has 8 heteroatoms. The third kappa shape index (κ3) is 5.97. The first-order valence-corrected chi connectivity index (χ1v) is 8.04. The number of ether oxygens (including phenoxy) is 2. The zero-order valence-corrected chi connectivity index (χ0v) is 14.7. The van der Waals surface area contributed by atoms with Crippen LogP contribution >= 0.6 is 0 Å². The molecule has 1 aromatic heterocycles. The molecule has 2 rings (SSSR count). The summed E-state index contributed by atoms with van der Waals surface area (Å²) in [4.78, 5) is 26.5. The van der Waals surface area contributed by atoms with E-state index < -0.39 is 18.0 Å². The molecule has 2 aromatic rings. The minimum Gasteiger partial charge on any atom is -0.491 e. The van der Waals surface area contributed by atoms with Crippen molar-refractivity contribution in [2.45, 2.75) is 32.9 Å². The van der Waals surface area contributed by atoms with E-state index in [4.69, 9.17) is 14.6 Å². The molecule has 26 heavy (non-hydrogen) atoms. The second kappa shape index (κ2) is 8.70. The SMILES string of the molecule is CC(C)Oc1cccc(Oc2ccc(NC(=O)[C@@H](C)NC(=O)O)cn2)c1. The summed E-state index contributed by atoms with van der Waals surface area (Å²) in [7, 11) is 0. The summed E-state index contributed by atoms with van der Waals surface area (Å²) in [5, 5.41) is 13.3. The minimum absolute atomic E-state index is 0.0595. The highest BCUT2D eigenvalue weighted by Gasteiger charge is 2.15. The Morgan fingerprint density at radius 3 is 2.46 bits per heavy atom. The number of rotatable bonds is 7. The Hall–Kier alpha value is -3.29. The molecule has 0 bridgehead atoms. The first kappa shape index (κ1) is 19.0. The number of benzene rings is 1. The molecule has 0 saturated carbocycles. The van der Waals surface area contributed by atoms with Crippen LogP contribution in [-0.4, -0.2) is 34.2 Å². The molecule has 3 N–H and O–H groups in total. The van der Waals surface area contributed by atoms with Gasteiger partial charge in [-0.2, -0.15) is 0 Å². The number of carboxylic acid groups (broad SMARTS) is 1. The molecule has 0 unspecified atom stereocenters. The van der Waals surface area contributed by atoms with Gasteiger partial charge in [-0.1, -0.05) is 6.07 Å². The summed E-state index contributed by atoms with van der Waals surface area (Å²) in [6, 6.07) is 9.53. The minimum atomic E-state index is -1.27. The molecule has 0 saturated heterocycles. The second-order valence-electron chi connectivity index (χ2n) is 5.79. The van der Waals surface area contributed by atoms with Crippen molar-refractivity contribution in [3.63, 3.8) is 0 Å². The molecule has 0 fully saturated rings. The van der Waals surface area contributed by atoms with Crippen molar-refractivity contribution < 1.29 is 24.2 Å². The first-order chi connectivity index (χ1) is 12.3. The molecule has 1 aromatic carbocycles. The van der Waals surface area contributed by atoms with Crippen molar-refractivity contribution in [3.05, 3.63) is 42.6 Å². The van der Waals surface area contributed by atoms with Gasteiger partial charge >= 0.3 is 6.09 Å². The fourth-order valence-corrected chi connectivity index (χ4v) is 2.02. The topological polar surface area (TPSA) is 110 Å². The van der Waals surface area contributed by atoms with E-state index in [9.17, 15) is 9.59 Å². The predicted octanol–water partition coefficient (Wildman–Crippen LogP) is 3.26. The van der Waals surface area contributed by atoms with Crippen molar-refractivity contribution in [3.8, 4) is 17.4 Å². The largest absolute Gasteiger partial charge is 0.491 e. The maximum atomic E-state index is 11.8. The molecular formula is C18H21N3O5. The van der Waals surface area contributed by atoms with E-state index in [0.29, 0.717) is 23.1 Å². The normalized spacial score (nSPS) is 11.5. The molecule has 0 aliphatic rings. The van der Waals surface area contributed by atoms with Crippen LogP contribution in [0.1, 0.15) is 20.8 Å². The maximum absolute atomic E-state index is 11.8. The summed E-state index contributed by atoms with van der Waals surface area (Å²) in [5.41, 5.74) is 0.429. The van der Waals surface area contributed by atoms with Crippen LogP contribution in [0.25, 0.3) is 0 Å². The van der Waals surface area contributed by atoms with E-state index in [1.165, 1.54) is 13.1 Å². The Labute approximate surface area is 151 Å². The molecule has 8 nitrogen and oxygen atoms in total. The zero-order chi connectivity index (χ0) is 19.1. The van der Waals surface area contributed by atoms with Crippen molar-refractivity contribution >= 4 is 17.7 Å². The first-order valence-electron chi connectivity index (χ1n) is 8.04. The van der Waals surface area contributed by atoms with Gasteiger partial charge in [0.1, 0.15) is 17.5 Å². The van der Waals surface area contributed by atoms with E-state index in [1.807, 2.05) is 26.0 Å². The monoisotopic (exact) mass is 359 g/mol. The number of amides is 2. The summed E-state index contributed by atoms with van der Waals surface area (Å²) in [6.45, 7) is 5.32. The van der Waals surface area contributed by atoms with E-state index in [2.05, 4.69) is 15.6 Å². The highest BCUT2D eigenvalue weighted by molar-refractivity contribution is 5.95. The van der Waals surface area contributed by atoms with Crippen molar-refractivity contribution in [2.24, 2.45) is 0 Å². The van der Waals surface area contributed by atoms with Crippen LogP contribution in [0.15, 0.2) is 42.6 Å². The zero-order valence-electron chi connectivity index (χ0n) is 14.7. The van der Waals surface area contributed by atoms with Gasteiger partial charge in [-0.15, -0.1) is 0 Å². The van der Waals surface area contributed by atoms with Crippen LogP contribution in [-0.2, 0) is 4.79 Å². The van der Waals surface area contributed by atoms with Crippen molar-refractivity contribution in [1.29, 1.82) is 0 Å². The number of anilines is 1. The lowest BCUT2D eigenvalue weighted by Gasteiger charge is -2.12. The average Bonchev–Trinajstić information content (AvgIpc) is 2.55. The number of aromatic nitrogens is 1. The van der Waals surface area contributed by atoms with E-state index in [0.717, 1.165) is 0 Å². The Bertz CT molecular complexity index is 762. The van der Waals surface area contributed by atoms with Gasteiger partial charge in [0.2, 0.25) is 11.8 Å². The highest BCUT2D eigenvalue weighted by Crippen LogP contribution is 2.25. The van der Waals surface area contributed by atoms with Crippen LogP contribution in [0.3, 0.4) is 0 Å². The number of pyridine rings is 1. The van der Waals surface area contributed by atoms with Crippen LogP contribution in [0, 0.1) is 0 Å². The van der Waals surface area contributed by atoms with Gasteiger partial charge in [-0.25, -0.2) is 9.78 Å². The fraction of sp³-hybridized carbons (Fsp3) is 0.278. The molecule has 138 valence electrons. The van der Waals surface area contributed by atoms with Gasteiger partial charge in [0.15, 0.2) is 0 Å². The smallest absolute Gasteiger partial charge is 0.405 e. The van der Waals surface area contributed by atoms with E-state index in [1.54, 1.807) is 24.3 Å². The molecule has 0 aliphatic heterocycles. The third-order valence-corrected chi connectivity index (χ3v) is 3.14. The molecule has 0 aliphatic carbocycles. The quantitative estimate of drug-likeness (QED) is 0.700. The molecular weight excluding hydrogens is 338 g/mol. The van der Waals surface area contributed by atoms with Crippen molar-refractivity contribution in [1.82, 2.24) is 10.3 Å². The van der Waals surface area contributed by atoms with Gasteiger partial charge < -0.3 is 25.2 Å². The fourth-order valence-electron chi connectivity index (χ4n) is 2.02. The Balaban J connectivity index is 1.97. The van der Waals surface area contributed by atoms with Gasteiger partial charge in [-0.3, -0.25) is 4.79 Å². The molecule has 0 spiro atoms. The highest BCUT2D eigenvalue weighted by atomic mass is 16.5. The predicted molar refractivity (Wildman–Crippen MR) is 95.8 cm³/mol. The van der Waals surface area contributed by atoms with Crippen LogP contribution < -0.4 is 20.1 Å². The van der Waals surface area contributed by atoms with Gasteiger partial charge in [0.25, 0.3) is 0 Å². The number of nitrogens with zero attached hydrogens (tertiary/aromatic N) is 1. The molecule has 0 radical (unpaired) electrons. The number of hydrogen-bond donors (Lipinski definition) is 3. The average molecular weight is 359 g/mol. The Morgan fingerprint density at radius 1 is 1.12 bits per heavy atom. The van der Waals surface area contributed by atoms with Gasteiger partial charge in [-0.05, 0) is 39.0 Å². The number of nitrogens with one attached hydrogen (secondary N) is 2. The third-order valence-electron chi connectivity index (χ3n) is 3.14. The van der Waals surface area contributed by atoms with Gasteiger partial charge in [0.05, 0.1) is 18.0 Å². The lowest BCUT2D eigenvalue weighted by molar-refractivity contribution is -0.117. The second-order valence-corrected chi connectivity index (χ2v) is 5.79. The number of carbonyl (C=O) groups is 2. The van der Waals surface area contributed by atoms with Crippen LogP contribution in [0.5, 0.6) is 17.4 Å². The van der Waals surface area contributed by atoms with Crippen molar-refractivity contribution in [2.75, 3.05) is 5.32 Å². The summed E-state index contributed by atoms with van der Waals surface area (Å²) >= 11 is 0. The standard InChI is InChI=1S/C18H21N3O5/c1-11(2)25-14-5-4-6-15(9-14)26-16-8-7-13(10-19-16)21-17(22)12(3)20-18(23)24/h4-12,20H,1-3H3,(H,21,22)(H,23,24)/t12-/m1/s1. The number of hydrogen-bond acceptors (Lipinski definition) is 5. The lowest BCUT2D eigenvalue weighted by Crippen LogP contribution is -2.40. The Morgan fingerprint density at radius 2 is 1.85 bits per heavy atom. The van der Waals surface area contributed by atoms with E-state index >= 15 is 0 Å². The number of carbonyl (C=O) groups excluding carboxylic acids is 1. The maximum Gasteiger partial charge on any atom is 0.405 e. The molecule has 1 atom stereocenters. The van der Waals surface area contributed by atoms with Gasteiger partial charge in [0, 0.05) is 12.1 Å². The Kier molecular flexibility index (Phi) is 6.37. The summed E-state index contributed by atoms with van der Waals surface area (Å²) in [6.07, 6.45) is 0.220. The van der Waals surface area contributed by atoms with E-state index in [-0.39, 0.29) is 6.10 Å². The molecule has 2 amide bonds. The summed E-state index contributed by atoms with van der Waals surface area (Å²) in [5.74, 6) is 1.14.